The summed E-state index contributed by atoms with van der Waals surface area (Å²) in [5.41, 5.74) is -0.0903. The van der Waals surface area contributed by atoms with E-state index >= 15 is 0 Å². The van der Waals surface area contributed by atoms with Gasteiger partial charge in [0.05, 0.1) is 6.42 Å². The predicted octanol–water partition coefficient (Wildman–Crippen LogP) is 0.121. The minimum Gasteiger partial charge on any atom is -0.477 e. The molecule has 0 radical (unpaired) electrons. The SMILES string of the molecule is CN=C(CC(C)=O)C(=O)O. The Balaban J connectivity index is 4.12. The first kappa shape index (κ1) is 8.81. The summed E-state index contributed by atoms with van der Waals surface area (Å²) in [7, 11) is 1.35. The van der Waals surface area contributed by atoms with Gasteiger partial charge in [-0.1, -0.05) is 0 Å². The van der Waals surface area contributed by atoms with E-state index in [0.29, 0.717) is 0 Å². The van der Waals surface area contributed by atoms with Gasteiger partial charge in [0.15, 0.2) is 0 Å². The summed E-state index contributed by atoms with van der Waals surface area (Å²) in [6.07, 6.45) is -0.0914. The lowest BCUT2D eigenvalue weighted by molar-refractivity contribution is -0.130. The van der Waals surface area contributed by atoms with Gasteiger partial charge in [-0.2, -0.15) is 0 Å². The number of nitrogens with zero attached hydrogens (tertiary/aromatic N) is 1. The molecule has 0 heterocycles. The lowest BCUT2D eigenvalue weighted by Gasteiger charge is -1.93. The van der Waals surface area contributed by atoms with E-state index in [9.17, 15) is 9.59 Å². The van der Waals surface area contributed by atoms with Crippen LogP contribution in [-0.4, -0.2) is 29.6 Å². The molecule has 0 unspecified atom stereocenters. The molecule has 0 saturated heterocycles. The average Bonchev–Trinajstić information content (AvgIpc) is 1.81. The minimum atomic E-state index is -1.13. The van der Waals surface area contributed by atoms with Gasteiger partial charge in [0.2, 0.25) is 0 Å². The Bertz CT molecular complexity index is 183. The largest absolute Gasteiger partial charge is 0.477 e. The molecule has 10 heavy (non-hydrogen) atoms. The first-order valence-electron chi connectivity index (χ1n) is 2.76. The van der Waals surface area contributed by atoms with Crippen molar-refractivity contribution in [1.82, 2.24) is 0 Å². The number of rotatable bonds is 3. The van der Waals surface area contributed by atoms with Crippen molar-refractivity contribution in [3.63, 3.8) is 0 Å². The van der Waals surface area contributed by atoms with Crippen LogP contribution in [0.2, 0.25) is 0 Å². The fourth-order valence-corrected chi connectivity index (χ4v) is 0.486. The highest BCUT2D eigenvalue weighted by Gasteiger charge is 2.09. The molecule has 0 aromatic rings. The zero-order valence-electron chi connectivity index (χ0n) is 5.92. The van der Waals surface area contributed by atoms with Crippen molar-refractivity contribution in [1.29, 1.82) is 0 Å². The van der Waals surface area contributed by atoms with Crippen LogP contribution < -0.4 is 0 Å². The van der Waals surface area contributed by atoms with Crippen LogP contribution >= 0.6 is 0 Å². The first-order chi connectivity index (χ1) is 4.57. The number of hydrogen-bond donors (Lipinski definition) is 1. The Labute approximate surface area is 58.6 Å². The van der Waals surface area contributed by atoms with E-state index in [2.05, 4.69) is 4.99 Å². The second-order valence-corrected chi connectivity index (χ2v) is 1.85. The van der Waals surface area contributed by atoms with Gasteiger partial charge in [0.1, 0.15) is 11.5 Å². The Morgan fingerprint density at radius 3 is 2.10 bits per heavy atom. The van der Waals surface area contributed by atoms with Crippen LogP contribution in [0.1, 0.15) is 13.3 Å². The van der Waals surface area contributed by atoms with Crippen LogP contribution in [0.4, 0.5) is 0 Å². The van der Waals surface area contributed by atoms with Gasteiger partial charge >= 0.3 is 5.97 Å². The third-order valence-corrected chi connectivity index (χ3v) is 0.933. The van der Waals surface area contributed by atoms with Gasteiger partial charge in [-0.15, -0.1) is 0 Å². The fourth-order valence-electron chi connectivity index (χ4n) is 0.486. The van der Waals surface area contributed by atoms with E-state index in [1.807, 2.05) is 0 Å². The monoisotopic (exact) mass is 143 g/mol. The van der Waals surface area contributed by atoms with E-state index < -0.39 is 5.97 Å². The van der Waals surface area contributed by atoms with Gasteiger partial charge in [0.25, 0.3) is 0 Å². The Morgan fingerprint density at radius 2 is 2.00 bits per heavy atom. The third-order valence-electron chi connectivity index (χ3n) is 0.933. The molecule has 1 N–H and O–H groups in total. The molecular weight excluding hydrogens is 134 g/mol. The highest BCUT2D eigenvalue weighted by atomic mass is 16.4. The van der Waals surface area contributed by atoms with Crippen molar-refractivity contribution in [2.75, 3.05) is 7.05 Å². The van der Waals surface area contributed by atoms with Crippen molar-refractivity contribution < 1.29 is 14.7 Å². The highest BCUT2D eigenvalue weighted by Crippen LogP contribution is 1.87. The quantitative estimate of drug-likeness (QED) is 0.570. The summed E-state index contributed by atoms with van der Waals surface area (Å²) in [4.78, 5) is 24.0. The molecule has 4 heteroatoms. The van der Waals surface area contributed by atoms with E-state index in [1.165, 1.54) is 14.0 Å². The van der Waals surface area contributed by atoms with Crippen LogP contribution in [0.5, 0.6) is 0 Å². The van der Waals surface area contributed by atoms with Gasteiger partial charge in [-0.3, -0.25) is 9.79 Å². The fraction of sp³-hybridized carbons (Fsp3) is 0.500. The number of carboxylic acids is 1. The minimum absolute atomic E-state index is 0.0903. The summed E-state index contributed by atoms with van der Waals surface area (Å²) in [6.45, 7) is 1.33. The van der Waals surface area contributed by atoms with Crippen molar-refractivity contribution in [3.8, 4) is 0 Å². The molecule has 0 rings (SSSR count). The smallest absolute Gasteiger partial charge is 0.350 e. The zero-order chi connectivity index (χ0) is 8.15. The van der Waals surface area contributed by atoms with Crippen molar-refractivity contribution in [2.45, 2.75) is 13.3 Å². The molecule has 4 nitrogen and oxygen atoms in total. The number of aliphatic imine (C=N–C) groups is 1. The average molecular weight is 143 g/mol. The van der Waals surface area contributed by atoms with Crippen LogP contribution in [0, 0.1) is 0 Å². The first-order valence-corrected chi connectivity index (χ1v) is 2.76. The molecule has 0 aromatic carbocycles. The van der Waals surface area contributed by atoms with Crippen molar-refractivity contribution in [3.05, 3.63) is 0 Å². The Hall–Kier alpha value is -1.19. The standard InChI is InChI=1S/C6H9NO3/c1-4(8)3-5(7-2)6(9)10/h3H2,1-2H3,(H,9,10). The molecule has 0 atom stereocenters. The highest BCUT2D eigenvalue weighted by molar-refractivity contribution is 6.38. The molecule has 0 bridgehead atoms. The number of carbonyl (C=O) groups is 2. The predicted molar refractivity (Wildman–Crippen MR) is 36.3 cm³/mol. The van der Waals surface area contributed by atoms with E-state index in [1.54, 1.807) is 0 Å². The molecule has 0 saturated carbocycles. The number of aliphatic carboxylic acids is 1. The lowest BCUT2D eigenvalue weighted by atomic mass is 10.2. The molecule has 0 fully saturated rings. The molecule has 0 spiro atoms. The van der Waals surface area contributed by atoms with Crippen LogP contribution in [-0.2, 0) is 9.59 Å². The van der Waals surface area contributed by atoms with E-state index in [4.69, 9.17) is 5.11 Å². The van der Waals surface area contributed by atoms with Crippen LogP contribution in [0.3, 0.4) is 0 Å². The summed E-state index contributed by atoms with van der Waals surface area (Å²) >= 11 is 0. The normalized spacial score (nSPS) is 11.2. The second kappa shape index (κ2) is 3.76. The number of hydrogen-bond acceptors (Lipinski definition) is 3. The van der Waals surface area contributed by atoms with Gasteiger partial charge in [0, 0.05) is 7.05 Å². The number of ketones is 1. The Kier molecular flexibility index (Phi) is 3.32. The zero-order valence-corrected chi connectivity index (χ0v) is 5.92. The molecule has 0 aliphatic carbocycles. The summed E-state index contributed by atoms with van der Waals surface area (Å²) in [5.74, 6) is -1.32. The van der Waals surface area contributed by atoms with Crippen LogP contribution in [0.25, 0.3) is 0 Å². The van der Waals surface area contributed by atoms with Gasteiger partial charge < -0.3 is 5.11 Å². The van der Waals surface area contributed by atoms with Gasteiger partial charge in [-0.05, 0) is 6.92 Å². The maximum absolute atomic E-state index is 10.4. The van der Waals surface area contributed by atoms with Crippen molar-refractivity contribution >= 4 is 17.5 Å². The maximum Gasteiger partial charge on any atom is 0.350 e. The lowest BCUT2D eigenvalue weighted by Crippen LogP contribution is -2.15. The topological polar surface area (TPSA) is 66.7 Å². The van der Waals surface area contributed by atoms with Crippen LogP contribution in [0.15, 0.2) is 4.99 Å². The summed E-state index contributed by atoms with van der Waals surface area (Å²) < 4.78 is 0. The summed E-state index contributed by atoms with van der Waals surface area (Å²) in [6, 6.07) is 0. The maximum atomic E-state index is 10.4. The van der Waals surface area contributed by atoms with Gasteiger partial charge in [-0.25, -0.2) is 4.79 Å². The molecule has 0 aliphatic heterocycles. The third kappa shape index (κ3) is 2.96. The molecular formula is C6H9NO3. The molecule has 0 amide bonds. The Morgan fingerprint density at radius 1 is 1.50 bits per heavy atom. The number of Topliss-reactive ketones (excluding diaryl/α,β-unsaturated/α-hetero) is 1. The van der Waals surface area contributed by atoms with E-state index in [-0.39, 0.29) is 17.9 Å². The summed E-state index contributed by atoms with van der Waals surface area (Å²) in [5, 5.41) is 8.34. The van der Waals surface area contributed by atoms with E-state index in [0.717, 1.165) is 0 Å². The molecule has 0 aliphatic rings. The van der Waals surface area contributed by atoms with Crippen molar-refractivity contribution in [2.24, 2.45) is 4.99 Å². The second-order valence-electron chi connectivity index (χ2n) is 1.85. The molecule has 56 valence electrons. The number of carbonyl (C=O) groups excluding carboxylic acids is 1. The molecule has 0 aromatic heterocycles. The number of carboxylic acid groups (broad SMARTS) is 1.